The molecule has 0 unspecified atom stereocenters. The second kappa shape index (κ2) is 15.7. The molecule has 2 N–H and O–H groups in total. The van der Waals surface area contributed by atoms with Crippen LogP contribution in [0.3, 0.4) is 0 Å². The largest absolute Gasteiger partial charge is 0.397 e. The number of ether oxygens (including phenoxy) is 2. The van der Waals surface area contributed by atoms with Crippen LogP contribution in [0.2, 0.25) is 0 Å². The van der Waals surface area contributed by atoms with Crippen molar-refractivity contribution >= 4 is 78.8 Å². The van der Waals surface area contributed by atoms with Crippen molar-refractivity contribution in [3.63, 3.8) is 0 Å². The average molecular weight is 737 g/mol. The molecule has 0 saturated carbocycles. The van der Waals surface area contributed by atoms with Crippen molar-refractivity contribution in [2.45, 2.75) is 0 Å². The highest BCUT2D eigenvalue weighted by molar-refractivity contribution is 7.15. The van der Waals surface area contributed by atoms with Crippen LogP contribution in [0.25, 0.3) is 64.4 Å². The number of hydrogen-bond donors (Lipinski definition) is 1. The number of nitrogens with zero attached hydrogens (tertiary/aromatic N) is 5. The van der Waals surface area contributed by atoms with Gasteiger partial charge in [-0.1, -0.05) is 36.4 Å². The van der Waals surface area contributed by atoms with E-state index >= 15 is 0 Å². The molecule has 0 bridgehead atoms. The maximum atomic E-state index is 11.3. The lowest BCUT2D eigenvalue weighted by molar-refractivity contribution is -0.383. The summed E-state index contributed by atoms with van der Waals surface area (Å²) in [6.07, 6.45) is 0. The number of nitrogen functional groups attached to an aromatic ring is 1. The summed E-state index contributed by atoms with van der Waals surface area (Å²) in [4.78, 5) is 33.9. The quantitative estimate of drug-likeness (QED) is 0.104. The minimum atomic E-state index is -0.417. The monoisotopic (exact) mass is 736 g/mol. The molecule has 1 aliphatic rings. The Bertz CT molecular complexity index is 2310. The minimum Gasteiger partial charge on any atom is -0.397 e. The number of para-hydroxylation sites is 2. The fourth-order valence-electron chi connectivity index (χ4n) is 5.09. The SMILES string of the molecule is C1COCCO1.Nc1cccc2nc(-c3cccs3)c(-c3cccs3)nc12.O=[N+]([O-])c1cccc2nc(-c3cccs3)c(-c3cccs3)nc12. The molecule has 0 amide bonds. The lowest BCUT2D eigenvalue weighted by Crippen LogP contribution is -2.16. The molecule has 9 rings (SSSR count). The van der Waals surface area contributed by atoms with Crippen LogP contribution < -0.4 is 5.73 Å². The van der Waals surface area contributed by atoms with E-state index in [0.717, 1.165) is 74.1 Å². The molecule has 0 spiro atoms. The number of nitro groups is 1. The Hall–Kier alpha value is -4.96. The van der Waals surface area contributed by atoms with Crippen molar-refractivity contribution in [2.24, 2.45) is 0 Å². The van der Waals surface area contributed by atoms with E-state index in [-0.39, 0.29) is 5.69 Å². The van der Waals surface area contributed by atoms with Gasteiger partial charge in [-0.05, 0) is 64.0 Å². The second-order valence-corrected chi connectivity index (χ2v) is 14.4. The van der Waals surface area contributed by atoms with Gasteiger partial charge in [-0.15, -0.1) is 45.3 Å². The molecule has 14 heteroatoms. The summed E-state index contributed by atoms with van der Waals surface area (Å²) in [6.45, 7) is 3.11. The third-order valence-electron chi connectivity index (χ3n) is 7.36. The summed E-state index contributed by atoms with van der Waals surface area (Å²) in [5, 5.41) is 19.3. The fourth-order valence-corrected chi connectivity index (χ4v) is 7.95. The Morgan fingerprint density at radius 3 is 1.34 bits per heavy atom. The molecule has 1 saturated heterocycles. The van der Waals surface area contributed by atoms with Crippen LogP contribution in [0.5, 0.6) is 0 Å². The number of thiophene rings is 4. The third-order valence-corrected chi connectivity index (χ3v) is 10.9. The molecule has 250 valence electrons. The molecule has 1 aliphatic heterocycles. The van der Waals surface area contributed by atoms with Gasteiger partial charge in [0, 0.05) is 6.07 Å². The van der Waals surface area contributed by atoms with Gasteiger partial charge in [-0.25, -0.2) is 19.9 Å². The normalized spacial score (nSPS) is 12.6. The Kier molecular flexibility index (Phi) is 10.5. The third kappa shape index (κ3) is 7.45. The summed E-state index contributed by atoms with van der Waals surface area (Å²) >= 11 is 6.45. The molecule has 2 aromatic carbocycles. The first-order chi connectivity index (χ1) is 24.6. The predicted molar refractivity (Wildman–Crippen MR) is 205 cm³/mol. The van der Waals surface area contributed by atoms with Gasteiger partial charge >= 0.3 is 0 Å². The summed E-state index contributed by atoms with van der Waals surface area (Å²) < 4.78 is 9.89. The van der Waals surface area contributed by atoms with Gasteiger partial charge in [0.25, 0.3) is 5.69 Å². The van der Waals surface area contributed by atoms with Gasteiger partial charge in [0.15, 0.2) is 5.52 Å². The topological polar surface area (TPSA) is 139 Å². The molecule has 0 aliphatic carbocycles. The van der Waals surface area contributed by atoms with Crippen molar-refractivity contribution in [3.8, 4) is 42.3 Å². The van der Waals surface area contributed by atoms with Crippen LogP contribution in [-0.2, 0) is 9.47 Å². The van der Waals surface area contributed by atoms with Gasteiger partial charge in [0.05, 0.1) is 67.6 Å². The van der Waals surface area contributed by atoms with E-state index in [0.29, 0.717) is 22.4 Å². The molecule has 10 nitrogen and oxygen atoms in total. The number of fused-ring (bicyclic) bond motifs is 2. The summed E-state index contributed by atoms with van der Waals surface area (Å²) in [5.74, 6) is 0. The number of anilines is 1. The smallest absolute Gasteiger partial charge is 0.297 e. The standard InChI is InChI=1S/C16H9N3O2S2.C16H11N3S2.C4H8O2/c20-19(21)11-5-1-4-10-14(11)18-16(13-7-3-9-23-13)15(17-10)12-6-2-8-22-12;17-10-4-1-5-11-14(10)19-16(13-7-3-9-21-13)15(18-11)12-6-2-8-20-12;1-2-6-4-3-5-1/h1-9H;1-9H,17H2;1-4H2. The Labute approximate surface area is 302 Å². The minimum absolute atomic E-state index is 0.0227. The van der Waals surface area contributed by atoms with E-state index in [2.05, 4.69) is 27.5 Å². The second-order valence-electron chi connectivity index (χ2n) is 10.6. The van der Waals surface area contributed by atoms with Crippen LogP contribution in [0.15, 0.2) is 106 Å². The van der Waals surface area contributed by atoms with Crippen LogP contribution in [-0.4, -0.2) is 51.3 Å². The van der Waals surface area contributed by atoms with Crippen molar-refractivity contribution < 1.29 is 14.4 Å². The number of nitrogens with two attached hydrogens (primary N) is 1. The van der Waals surface area contributed by atoms with Crippen LogP contribution >= 0.6 is 45.3 Å². The maximum absolute atomic E-state index is 11.3. The molecule has 7 heterocycles. The zero-order valence-corrected chi connectivity index (χ0v) is 29.6. The van der Waals surface area contributed by atoms with E-state index in [4.69, 9.17) is 25.2 Å². The number of nitro benzene ring substituents is 1. The molecular formula is C36H28N6O4S4. The van der Waals surface area contributed by atoms with E-state index in [1.54, 1.807) is 57.5 Å². The van der Waals surface area contributed by atoms with Gasteiger partial charge in [-0.2, -0.15) is 0 Å². The van der Waals surface area contributed by atoms with Gasteiger partial charge < -0.3 is 15.2 Å². The molecular weight excluding hydrogens is 709 g/mol. The first-order valence-electron chi connectivity index (χ1n) is 15.4. The molecule has 0 radical (unpaired) electrons. The van der Waals surface area contributed by atoms with E-state index < -0.39 is 4.92 Å². The molecule has 8 aromatic rings. The number of aromatic nitrogens is 4. The molecule has 1 fully saturated rings. The molecule has 6 aromatic heterocycles. The van der Waals surface area contributed by atoms with Crippen LogP contribution in [0, 0.1) is 10.1 Å². The highest BCUT2D eigenvalue weighted by Gasteiger charge is 2.20. The van der Waals surface area contributed by atoms with Gasteiger partial charge in [0.2, 0.25) is 0 Å². The lowest BCUT2D eigenvalue weighted by atomic mass is 10.2. The van der Waals surface area contributed by atoms with Gasteiger partial charge in [0.1, 0.15) is 28.3 Å². The molecule has 50 heavy (non-hydrogen) atoms. The average Bonchev–Trinajstić information content (AvgIpc) is 4.00. The highest BCUT2D eigenvalue weighted by Crippen LogP contribution is 2.38. The summed E-state index contributed by atoms with van der Waals surface area (Å²) in [7, 11) is 0. The number of non-ortho nitro benzene ring substituents is 1. The number of benzene rings is 2. The highest BCUT2D eigenvalue weighted by atomic mass is 32.1. The zero-order chi connectivity index (χ0) is 34.3. The van der Waals surface area contributed by atoms with Crippen molar-refractivity contribution in [1.82, 2.24) is 19.9 Å². The summed E-state index contributed by atoms with van der Waals surface area (Å²) in [5.41, 5.74) is 12.4. The number of hydrogen-bond acceptors (Lipinski definition) is 13. The van der Waals surface area contributed by atoms with Crippen LogP contribution in [0.1, 0.15) is 0 Å². The number of rotatable bonds is 5. The van der Waals surface area contributed by atoms with Crippen LogP contribution in [0.4, 0.5) is 11.4 Å². The Balaban J connectivity index is 0.000000135. The predicted octanol–water partition coefficient (Wildman–Crippen LogP) is 9.70. The van der Waals surface area contributed by atoms with E-state index in [9.17, 15) is 10.1 Å². The van der Waals surface area contributed by atoms with E-state index in [1.165, 1.54) is 6.07 Å². The van der Waals surface area contributed by atoms with Crippen molar-refractivity contribution in [1.29, 1.82) is 0 Å². The maximum Gasteiger partial charge on any atom is 0.297 e. The van der Waals surface area contributed by atoms with Crippen molar-refractivity contribution in [2.75, 3.05) is 32.2 Å². The Morgan fingerprint density at radius 2 is 0.940 bits per heavy atom. The lowest BCUT2D eigenvalue weighted by Gasteiger charge is -2.09. The first kappa shape index (κ1) is 33.5. The molecule has 0 atom stereocenters. The Morgan fingerprint density at radius 1 is 0.540 bits per heavy atom. The fraction of sp³-hybridized carbons (Fsp3) is 0.111. The first-order valence-corrected chi connectivity index (χ1v) is 18.9. The van der Waals surface area contributed by atoms with Crippen molar-refractivity contribution in [3.05, 3.63) is 117 Å². The zero-order valence-electron chi connectivity index (χ0n) is 26.3. The van der Waals surface area contributed by atoms with E-state index in [1.807, 2.05) is 70.7 Å². The van der Waals surface area contributed by atoms with Gasteiger partial charge in [-0.3, -0.25) is 10.1 Å². The summed E-state index contributed by atoms with van der Waals surface area (Å²) in [6, 6.07) is 26.6.